The number of rotatable bonds is 14. The predicted molar refractivity (Wildman–Crippen MR) is 90.9 cm³/mol. The molecule has 268 valence electrons. The minimum Gasteiger partial charge on any atom is -0.462 e. The van der Waals surface area contributed by atoms with Crippen molar-refractivity contribution in [2.75, 3.05) is 6.61 Å². The van der Waals surface area contributed by atoms with Gasteiger partial charge < -0.3 is 4.74 Å². The lowest BCUT2D eigenvalue weighted by Gasteiger charge is -2.45. The van der Waals surface area contributed by atoms with E-state index in [4.69, 9.17) is 0 Å². The Bertz CT molecular complexity index is 1110. The summed E-state index contributed by atoms with van der Waals surface area (Å²) in [5, 5.41) is 0. The number of hydrogen-bond donors (Lipinski definition) is 0. The van der Waals surface area contributed by atoms with Gasteiger partial charge in [-0.25, -0.2) is 4.79 Å². The minimum atomic E-state index is -9.66. The Morgan fingerprint density at radius 1 is 0.444 bits per heavy atom. The maximum absolute atomic E-state index is 13.9. The average molecular weight is 732 g/mol. The Balaban J connectivity index is 7.33. The fourth-order valence-corrected chi connectivity index (χ4v) is 2.55. The van der Waals surface area contributed by atoms with Crippen LogP contribution in [0.15, 0.2) is 12.2 Å². The molecule has 0 N–H and O–H groups in total. The molecule has 0 bridgehead atoms. The van der Waals surface area contributed by atoms with Gasteiger partial charge in [-0.1, -0.05) is 13.5 Å². The molecule has 0 aromatic carbocycles. The quantitative estimate of drug-likeness (QED) is 0.101. The van der Waals surface area contributed by atoms with Crippen LogP contribution in [0.2, 0.25) is 0 Å². The lowest BCUT2D eigenvalue weighted by Crippen LogP contribution is -2.78. The van der Waals surface area contributed by atoms with Crippen LogP contribution < -0.4 is 0 Å². The van der Waals surface area contributed by atoms with Crippen LogP contribution in [0.4, 0.5) is 110 Å². The number of esters is 1. The van der Waals surface area contributed by atoms with Crippen LogP contribution >= 0.6 is 0 Å². The Kier molecular flexibility index (Phi) is 10.4. The van der Waals surface area contributed by atoms with E-state index >= 15 is 0 Å². The van der Waals surface area contributed by atoms with Gasteiger partial charge in [-0.2, -0.15) is 110 Å². The first kappa shape index (κ1) is 42.5. The first-order valence-corrected chi connectivity index (χ1v) is 10.2. The second kappa shape index (κ2) is 11.0. The molecule has 0 radical (unpaired) electrons. The molecule has 0 fully saturated rings. The van der Waals surface area contributed by atoms with E-state index in [0.29, 0.717) is 0 Å². The second-order valence-electron chi connectivity index (χ2n) is 8.43. The van der Waals surface area contributed by atoms with Gasteiger partial charge >= 0.3 is 77.3 Å². The molecule has 27 heteroatoms. The van der Waals surface area contributed by atoms with E-state index < -0.39 is 95.9 Å². The maximum atomic E-state index is 13.9. The van der Waals surface area contributed by atoms with E-state index in [0.717, 1.165) is 6.92 Å². The van der Waals surface area contributed by atoms with E-state index in [1.807, 2.05) is 0 Å². The highest BCUT2D eigenvalue weighted by molar-refractivity contribution is 5.90. The SMILES string of the molecule is C=C(C(=O)OCCC)C(F)(F)C(F)(F)C(F)(F)C(F)(F)C(F)(F)C(F)(F)C(F)(F)C(F)(F)C(F)(F)C(F)(F)C(F)(F)C(F)(F)F. The van der Waals surface area contributed by atoms with Crippen molar-refractivity contribution in [1.29, 1.82) is 0 Å². The Morgan fingerprint density at radius 2 is 0.667 bits per heavy atom. The molecular formula is C18H9F25O2. The Labute approximate surface area is 230 Å². The van der Waals surface area contributed by atoms with Gasteiger partial charge in [0.05, 0.1) is 6.61 Å². The zero-order valence-electron chi connectivity index (χ0n) is 20.4. The number of hydrogen-bond acceptors (Lipinski definition) is 2. The van der Waals surface area contributed by atoms with Crippen molar-refractivity contribution in [1.82, 2.24) is 0 Å². The van der Waals surface area contributed by atoms with Gasteiger partial charge in [0.2, 0.25) is 0 Å². The van der Waals surface area contributed by atoms with Crippen LogP contribution in [0, 0.1) is 0 Å². The molecule has 0 heterocycles. The van der Waals surface area contributed by atoms with Gasteiger partial charge in [0.25, 0.3) is 0 Å². The fourth-order valence-electron chi connectivity index (χ4n) is 2.55. The highest BCUT2D eigenvalue weighted by Crippen LogP contribution is 2.68. The van der Waals surface area contributed by atoms with E-state index in [-0.39, 0.29) is 0 Å². The summed E-state index contributed by atoms with van der Waals surface area (Å²) in [6.45, 7) is 1.62. The van der Waals surface area contributed by atoms with Crippen molar-refractivity contribution >= 4 is 5.97 Å². The zero-order valence-corrected chi connectivity index (χ0v) is 20.4. The highest BCUT2D eigenvalue weighted by atomic mass is 19.4. The normalized spacial score (nSPS) is 16.1. The summed E-state index contributed by atoms with van der Waals surface area (Å²) in [5.74, 6) is -103. The lowest BCUT2D eigenvalue weighted by atomic mass is 9.84. The lowest BCUT2D eigenvalue weighted by molar-refractivity contribution is -0.481. The number of ether oxygens (including phenoxy) is 1. The third kappa shape index (κ3) is 5.29. The van der Waals surface area contributed by atoms with Crippen LogP contribution in [0.5, 0.6) is 0 Å². The molecule has 0 aliphatic heterocycles. The van der Waals surface area contributed by atoms with Crippen LogP contribution in [0.3, 0.4) is 0 Å². The molecule has 0 saturated heterocycles. The van der Waals surface area contributed by atoms with Gasteiger partial charge in [-0.05, 0) is 6.42 Å². The topological polar surface area (TPSA) is 26.3 Å². The first-order chi connectivity index (χ1) is 19.1. The molecule has 0 aliphatic rings. The molecule has 0 aliphatic carbocycles. The molecule has 0 unspecified atom stereocenters. The highest BCUT2D eigenvalue weighted by Gasteiger charge is 2.99. The maximum Gasteiger partial charge on any atom is 0.460 e. The van der Waals surface area contributed by atoms with Crippen LogP contribution in [0.25, 0.3) is 0 Å². The number of halogens is 25. The van der Waals surface area contributed by atoms with Crippen LogP contribution in [-0.4, -0.2) is 83.9 Å². The Hall–Kier alpha value is -2.54. The van der Waals surface area contributed by atoms with Crippen molar-refractivity contribution in [2.45, 2.75) is 84.7 Å². The summed E-state index contributed by atoms with van der Waals surface area (Å²) in [6, 6.07) is 0. The summed E-state index contributed by atoms with van der Waals surface area (Å²) >= 11 is 0. The van der Waals surface area contributed by atoms with Crippen molar-refractivity contribution < 1.29 is 119 Å². The molecule has 0 aromatic rings. The van der Waals surface area contributed by atoms with Crippen molar-refractivity contribution in [3.8, 4) is 0 Å². The van der Waals surface area contributed by atoms with E-state index in [1.54, 1.807) is 6.58 Å². The van der Waals surface area contributed by atoms with Crippen molar-refractivity contribution in [2.24, 2.45) is 0 Å². The molecule has 45 heavy (non-hydrogen) atoms. The number of carbonyl (C=O) groups is 1. The van der Waals surface area contributed by atoms with E-state index in [9.17, 15) is 115 Å². The molecule has 2 nitrogen and oxygen atoms in total. The first-order valence-electron chi connectivity index (χ1n) is 10.2. The average Bonchev–Trinajstić information content (AvgIpc) is 2.84. The molecule has 0 rings (SSSR count). The van der Waals surface area contributed by atoms with Crippen molar-refractivity contribution in [3.63, 3.8) is 0 Å². The largest absolute Gasteiger partial charge is 0.462 e. The van der Waals surface area contributed by atoms with E-state index in [1.165, 1.54) is 0 Å². The fraction of sp³-hybridized carbons (Fsp3) is 0.833. The standard InChI is InChI=1S/C18H9F25O2/c1-3-4-45-6(44)5(2)7(19,20)8(21,22)9(23,24)10(25,26)11(27,28)12(29,30)13(31,32)14(33,34)15(35,36)16(37,38)17(39,40)18(41,42)43/h2-4H2,1H3. The molecule has 0 amide bonds. The summed E-state index contributed by atoms with van der Waals surface area (Å²) in [6.07, 6.45) is -8.61. The van der Waals surface area contributed by atoms with Crippen LogP contribution in [-0.2, 0) is 9.53 Å². The van der Waals surface area contributed by atoms with Gasteiger partial charge in [-0.15, -0.1) is 0 Å². The van der Waals surface area contributed by atoms with E-state index in [2.05, 4.69) is 4.74 Å². The van der Waals surface area contributed by atoms with Crippen LogP contribution in [0.1, 0.15) is 13.3 Å². The molecule has 0 atom stereocenters. The third-order valence-electron chi connectivity index (χ3n) is 5.36. The smallest absolute Gasteiger partial charge is 0.460 e. The van der Waals surface area contributed by atoms with Gasteiger partial charge in [0.15, 0.2) is 0 Å². The van der Waals surface area contributed by atoms with Crippen molar-refractivity contribution in [3.05, 3.63) is 12.2 Å². The summed E-state index contributed by atoms with van der Waals surface area (Å²) in [7, 11) is 0. The summed E-state index contributed by atoms with van der Waals surface area (Å²) in [4.78, 5) is 11.2. The zero-order chi connectivity index (χ0) is 37.3. The molecule has 0 saturated carbocycles. The molecule has 0 aromatic heterocycles. The monoisotopic (exact) mass is 732 g/mol. The minimum absolute atomic E-state index is 0.409. The molecular weight excluding hydrogens is 723 g/mol. The van der Waals surface area contributed by atoms with Gasteiger partial charge in [0.1, 0.15) is 5.57 Å². The molecule has 0 spiro atoms. The number of carbonyl (C=O) groups excluding carboxylic acids is 1. The third-order valence-corrected chi connectivity index (χ3v) is 5.36. The Morgan fingerprint density at radius 3 is 0.889 bits per heavy atom. The van der Waals surface area contributed by atoms with Gasteiger partial charge in [-0.3, -0.25) is 0 Å². The summed E-state index contributed by atoms with van der Waals surface area (Å²) < 4.78 is 339. The van der Waals surface area contributed by atoms with Gasteiger partial charge in [0, 0.05) is 0 Å². The summed E-state index contributed by atoms with van der Waals surface area (Å²) in [5.41, 5.74) is -3.38. The second-order valence-corrected chi connectivity index (χ2v) is 8.43. The predicted octanol–water partition coefficient (Wildman–Crippen LogP) is 9.05. The number of alkyl halides is 25.